The van der Waals surface area contributed by atoms with Crippen molar-refractivity contribution in [3.8, 4) is 5.75 Å². The largest absolute Gasteiger partial charge is 0.494 e. The van der Waals surface area contributed by atoms with Crippen LogP contribution in [0.4, 0.5) is 11.4 Å². The van der Waals surface area contributed by atoms with Gasteiger partial charge in [0.25, 0.3) is 0 Å². The molecule has 0 aliphatic carbocycles. The molecular weight excluding hydrogens is 432 g/mol. The summed E-state index contributed by atoms with van der Waals surface area (Å²) in [7, 11) is 0. The van der Waals surface area contributed by atoms with Crippen molar-refractivity contribution in [3.63, 3.8) is 0 Å². The van der Waals surface area contributed by atoms with E-state index in [-0.39, 0.29) is 18.8 Å². The highest BCUT2D eigenvalue weighted by Crippen LogP contribution is 2.31. The van der Waals surface area contributed by atoms with Gasteiger partial charge in [-0.3, -0.25) is 4.98 Å². The lowest BCUT2D eigenvalue weighted by molar-refractivity contribution is 0.0518. The Hall–Kier alpha value is -3.61. The van der Waals surface area contributed by atoms with Crippen molar-refractivity contribution >= 4 is 34.2 Å². The Morgan fingerprint density at radius 3 is 2.32 bits per heavy atom. The number of nitrogens with zero attached hydrogens (tertiary/aromatic N) is 1. The van der Waals surface area contributed by atoms with Crippen LogP contribution in [-0.2, 0) is 9.47 Å². The molecule has 180 valence electrons. The van der Waals surface area contributed by atoms with Gasteiger partial charge in [0.05, 0.1) is 36.6 Å². The number of anilines is 2. The molecule has 0 unspecified atom stereocenters. The summed E-state index contributed by atoms with van der Waals surface area (Å²) in [4.78, 5) is 29.3. The average molecular weight is 465 g/mol. The first kappa shape index (κ1) is 25.0. The summed E-state index contributed by atoms with van der Waals surface area (Å²) in [5, 5.41) is 3.93. The Kier molecular flexibility index (Phi) is 9.26. The third-order valence-corrected chi connectivity index (χ3v) is 5.26. The molecule has 0 saturated heterocycles. The summed E-state index contributed by atoms with van der Waals surface area (Å²) in [5.74, 6) is -0.137. The summed E-state index contributed by atoms with van der Waals surface area (Å²) >= 11 is 0. The number of benzene rings is 2. The number of pyridine rings is 1. The van der Waals surface area contributed by atoms with Crippen LogP contribution < -0.4 is 10.1 Å². The molecule has 1 aromatic heterocycles. The zero-order chi connectivity index (χ0) is 24.3. The van der Waals surface area contributed by atoms with Crippen LogP contribution >= 0.6 is 0 Å². The fourth-order valence-corrected chi connectivity index (χ4v) is 3.53. The Bertz CT molecular complexity index is 1110. The molecule has 0 atom stereocenters. The second-order valence-corrected chi connectivity index (χ2v) is 7.78. The van der Waals surface area contributed by atoms with Gasteiger partial charge in [-0.2, -0.15) is 0 Å². The lowest BCUT2D eigenvalue weighted by atomic mass is 10.1. The maximum Gasteiger partial charge on any atom is 0.341 e. The molecule has 1 heterocycles. The molecule has 0 fully saturated rings. The summed E-state index contributed by atoms with van der Waals surface area (Å²) in [6.07, 6.45) is 6.09. The number of hydrogen-bond acceptors (Lipinski definition) is 7. The Morgan fingerprint density at radius 2 is 1.62 bits per heavy atom. The molecule has 0 saturated carbocycles. The Morgan fingerprint density at radius 1 is 0.882 bits per heavy atom. The van der Waals surface area contributed by atoms with E-state index < -0.39 is 11.9 Å². The van der Waals surface area contributed by atoms with Gasteiger partial charge in [-0.05, 0) is 62.7 Å². The molecule has 0 amide bonds. The Balaban J connectivity index is 1.90. The molecule has 0 aliphatic rings. The fraction of sp³-hybridized carbons (Fsp3) is 0.370. The molecule has 0 radical (unpaired) electrons. The lowest BCUT2D eigenvalue weighted by Crippen LogP contribution is -2.10. The van der Waals surface area contributed by atoms with E-state index in [9.17, 15) is 9.59 Å². The molecule has 7 nitrogen and oxygen atoms in total. The SMILES string of the molecule is CCCCCCOc1ccc(Nc2c(C(=O)OCC)cnc3ccc(C(=O)OCC)cc23)cc1. The van der Waals surface area contributed by atoms with Gasteiger partial charge >= 0.3 is 11.9 Å². The molecular formula is C27H32N2O5. The number of carbonyl (C=O) groups excluding carboxylic acids is 2. The van der Waals surface area contributed by atoms with Crippen molar-refractivity contribution in [2.75, 3.05) is 25.1 Å². The molecule has 0 spiro atoms. The maximum atomic E-state index is 12.7. The van der Waals surface area contributed by atoms with Crippen LogP contribution in [0.5, 0.6) is 5.75 Å². The minimum Gasteiger partial charge on any atom is -0.494 e. The topological polar surface area (TPSA) is 86.8 Å². The Labute approximate surface area is 200 Å². The zero-order valence-electron chi connectivity index (χ0n) is 20.1. The third-order valence-electron chi connectivity index (χ3n) is 5.26. The van der Waals surface area contributed by atoms with E-state index in [1.807, 2.05) is 24.3 Å². The van der Waals surface area contributed by atoms with Crippen molar-refractivity contribution in [1.29, 1.82) is 0 Å². The molecule has 0 aliphatic heterocycles. The minimum absolute atomic E-state index is 0.240. The van der Waals surface area contributed by atoms with Crippen molar-refractivity contribution in [1.82, 2.24) is 4.98 Å². The van der Waals surface area contributed by atoms with Crippen molar-refractivity contribution < 1.29 is 23.8 Å². The van der Waals surface area contributed by atoms with Gasteiger partial charge in [0.15, 0.2) is 0 Å². The first-order chi connectivity index (χ1) is 16.6. The minimum atomic E-state index is -0.493. The molecule has 3 rings (SSSR count). The van der Waals surface area contributed by atoms with E-state index >= 15 is 0 Å². The highest BCUT2D eigenvalue weighted by Gasteiger charge is 2.19. The number of aromatic nitrogens is 1. The van der Waals surface area contributed by atoms with Crippen molar-refractivity contribution in [3.05, 3.63) is 59.8 Å². The van der Waals surface area contributed by atoms with Crippen LogP contribution in [0.25, 0.3) is 10.9 Å². The molecule has 34 heavy (non-hydrogen) atoms. The van der Waals surface area contributed by atoms with Crippen LogP contribution in [0.2, 0.25) is 0 Å². The first-order valence-electron chi connectivity index (χ1n) is 11.8. The highest BCUT2D eigenvalue weighted by atomic mass is 16.5. The van der Waals surface area contributed by atoms with Crippen LogP contribution in [0.15, 0.2) is 48.7 Å². The second kappa shape index (κ2) is 12.6. The monoisotopic (exact) mass is 464 g/mol. The smallest absolute Gasteiger partial charge is 0.341 e. The maximum absolute atomic E-state index is 12.7. The molecule has 2 aromatic carbocycles. The first-order valence-corrected chi connectivity index (χ1v) is 11.8. The van der Waals surface area contributed by atoms with Crippen molar-refractivity contribution in [2.45, 2.75) is 46.5 Å². The normalized spacial score (nSPS) is 10.7. The zero-order valence-corrected chi connectivity index (χ0v) is 20.1. The standard InChI is InChI=1S/C27H32N2O5/c1-4-7-8-9-16-34-21-13-11-20(12-14-21)29-25-22-17-19(26(30)32-5-2)10-15-24(22)28-18-23(25)27(31)33-6-3/h10-15,17-18H,4-9,16H2,1-3H3,(H,28,29). The summed E-state index contributed by atoms with van der Waals surface area (Å²) < 4.78 is 16.2. The summed E-state index contributed by atoms with van der Waals surface area (Å²) in [6, 6.07) is 12.6. The number of ether oxygens (including phenoxy) is 3. The number of fused-ring (bicyclic) bond motifs is 1. The molecule has 0 bridgehead atoms. The van der Waals surface area contributed by atoms with Gasteiger partial charge in [-0.1, -0.05) is 26.2 Å². The quantitative estimate of drug-likeness (QED) is 0.249. The van der Waals surface area contributed by atoms with Crippen LogP contribution in [0.1, 0.15) is 67.2 Å². The van der Waals surface area contributed by atoms with Gasteiger partial charge in [-0.15, -0.1) is 0 Å². The van der Waals surface area contributed by atoms with Gasteiger partial charge in [0, 0.05) is 17.3 Å². The van der Waals surface area contributed by atoms with Crippen LogP contribution in [0, 0.1) is 0 Å². The van der Waals surface area contributed by atoms with Crippen LogP contribution in [-0.4, -0.2) is 36.7 Å². The molecule has 7 heteroatoms. The van der Waals surface area contributed by atoms with E-state index in [0.29, 0.717) is 28.8 Å². The van der Waals surface area contributed by atoms with E-state index in [4.69, 9.17) is 14.2 Å². The van der Waals surface area contributed by atoms with Gasteiger partial charge in [-0.25, -0.2) is 9.59 Å². The predicted octanol–water partition coefficient (Wildman–Crippen LogP) is 6.29. The number of nitrogens with one attached hydrogen (secondary N) is 1. The number of unbranched alkanes of at least 4 members (excludes halogenated alkanes) is 3. The van der Waals surface area contributed by atoms with E-state index in [1.54, 1.807) is 32.0 Å². The third kappa shape index (κ3) is 6.47. The van der Waals surface area contributed by atoms with Gasteiger partial charge in [0.2, 0.25) is 0 Å². The van der Waals surface area contributed by atoms with E-state index in [2.05, 4.69) is 17.2 Å². The highest BCUT2D eigenvalue weighted by molar-refractivity contribution is 6.07. The van der Waals surface area contributed by atoms with E-state index in [0.717, 1.165) is 24.3 Å². The average Bonchev–Trinajstić information content (AvgIpc) is 2.85. The molecule has 1 N–H and O–H groups in total. The summed E-state index contributed by atoms with van der Waals surface area (Å²) in [5.41, 5.74) is 2.58. The van der Waals surface area contributed by atoms with Crippen LogP contribution in [0.3, 0.4) is 0 Å². The van der Waals surface area contributed by atoms with Gasteiger partial charge in [0.1, 0.15) is 11.3 Å². The number of esters is 2. The van der Waals surface area contributed by atoms with Crippen molar-refractivity contribution in [2.24, 2.45) is 0 Å². The lowest BCUT2D eigenvalue weighted by Gasteiger charge is -2.15. The second-order valence-electron chi connectivity index (χ2n) is 7.78. The predicted molar refractivity (Wildman–Crippen MR) is 133 cm³/mol. The molecule has 3 aromatic rings. The fourth-order valence-electron chi connectivity index (χ4n) is 3.53. The number of hydrogen-bond donors (Lipinski definition) is 1. The number of carbonyl (C=O) groups is 2. The van der Waals surface area contributed by atoms with E-state index in [1.165, 1.54) is 19.0 Å². The van der Waals surface area contributed by atoms with Gasteiger partial charge < -0.3 is 19.5 Å². The summed E-state index contributed by atoms with van der Waals surface area (Å²) in [6.45, 7) is 6.89. The number of rotatable bonds is 12.